The fourth-order valence-electron chi connectivity index (χ4n) is 7.40. The van der Waals surface area contributed by atoms with Crippen molar-refractivity contribution in [2.24, 2.45) is 0 Å². The fourth-order valence-corrected chi connectivity index (χ4v) is 7.40. The molecule has 0 atom stereocenters. The number of likely N-dealkylation sites (N-methyl/N-ethyl adjacent to an activating group) is 2. The van der Waals surface area contributed by atoms with Gasteiger partial charge in [0.05, 0.1) is 42.3 Å². The summed E-state index contributed by atoms with van der Waals surface area (Å²) < 4.78 is 15.3. The van der Waals surface area contributed by atoms with Crippen molar-refractivity contribution >= 4 is 53.9 Å². The predicted molar refractivity (Wildman–Crippen MR) is 222 cm³/mol. The van der Waals surface area contributed by atoms with Crippen LogP contribution in [0, 0.1) is 0 Å². The van der Waals surface area contributed by atoms with Crippen LogP contribution in [-0.2, 0) is 0 Å². The molecule has 0 radical (unpaired) electrons. The molecule has 0 aromatic heterocycles. The summed E-state index contributed by atoms with van der Waals surface area (Å²) >= 11 is 0. The van der Waals surface area contributed by atoms with Crippen LogP contribution in [0.1, 0.15) is 0 Å². The van der Waals surface area contributed by atoms with E-state index in [4.69, 9.17) is 9.47 Å². The highest BCUT2D eigenvalue weighted by molar-refractivity contribution is 6.16. The van der Waals surface area contributed by atoms with Crippen LogP contribution in [0.4, 0.5) is 0 Å². The Hall–Kier alpha value is -5.42. The standard InChI is InChI=1S/C48H48N2O2/c1-49(2,3)23-25-51-45-31-38-32-46(52-26-24-50(4,5)6)44(48-41-21-13-9-17-35(41)28-36-18-10-14-22-42(36)48)30-37(38)29-43(45)47-39-19-11-7-15-33(39)27-34-16-8-12-20-40(34)47/h7-22,27-32H,23-26H2,1-6H3/q+2. The molecule has 0 heterocycles. The van der Waals surface area contributed by atoms with Gasteiger partial charge in [-0.25, -0.2) is 0 Å². The number of hydrogen-bond acceptors (Lipinski definition) is 2. The minimum atomic E-state index is 0.609. The van der Waals surface area contributed by atoms with Gasteiger partial charge in [0.15, 0.2) is 0 Å². The average Bonchev–Trinajstić information content (AvgIpc) is 3.11. The molecule has 0 fully saturated rings. The zero-order valence-corrected chi connectivity index (χ0v) is 31.2. The Labute approximate surface area is 307 Å². The van der Waals surface area contributed by atoms with E-state index in [1.165, 1.54) is 54.2 Å². The second kappa shape index (κ2) is 13.3. The van der Waals surface area contributed by atoms with Crippen LogP contribution in [0.3, 0.4) is 0 Å². The number of rotatable bonds is 10. The van der Waals surface area contributed by atoms with Crippen LogP contribution in [0.25, 0.3) is 76.1 Å². The van der Waals surface area contributed by atoms with Crippen molar-refractivity contribution in [3.63, 3.8) is 0 Å². The second-order valence-electron chi connectivity index (χ2n) is 16.2. The molecule has 0 unspecified atom stereocenters. The van der Waals surface area contributed by atoms with Gasteiger partial charge in [0, 0.05) is 22.3 Å². The van der Waals surface area contributed by atoms with E-state index in [-0.39, 0.29) is 0 Å². The van der Waals surface area contributed by atoms with E-state index in [1.54, 1.807) is 0 Å². The molecular formula is C48H48N2O2+2. The lowest BCUT2D eigenvalue weighted by Crippen LogP contribution is -2.38. The molecule has 0 aliphatic carbocycles. The molecule has 0 saturated carbocycles. The second-order valence-corrected chi connectivity index (χ2v) is 16.2. The summed E-state index contributed by atoms with van der Waals surface area (Å²) in [6.07, 6.45) is 0. The van der Waals surface area contributed by atoms with Gasteiger partial charge >= 0.3 is 0 Å². The fraction of sp³-hybridized carbons (Fsp3) is 0.208. The molecule has 0 aliphatic rings. The van der Waals surface area contributed by atoms with Crippen molar-refractivity contribution in [2.45, 2.75) is 0 Å². The number of nitrogens with zero attached hydrogens (tertiary/aromatic N) is 2. The molecule has 0 amide bonds. The van der Waals surface area contributed by atoms with Gasteiger partial charge in [-0.1, -0.05) is 97.1 Å². The van der Waals surface area contributed by atoms with E-state index in [1.807, 2.05) is 0 Å². The molecule has 0 N–H and O–H groups in total. The first-order chi connectivity index (χ1) is 25.0. The van der Waals surface area contributed by atoms with Crippen molar-refractivity contribution in [3.8, 4) is 33.8 Å². The molecule has 0 bridgehead atoms. The van der Waals surface area contributed by atoms with Crippen LogP contribution < -0.4 is 9.47 Å². The lowest BCUT2D eigenvalue weighted by molar-refractivity contribution is -0.870. The average molecular weight is 685 g/mol. The van der Waals surface area contributed by atoms with Crippen molar-refractivity contribution in [3.05, 3.63) is 133 Å². The third-order valence-corrected chi connectivity index (χ3v) is 10.2. The van der Waals surface area contributed by atoms with E-state index in [0.717, 1.165) is 55.5 Å². The number of fused-ring (bicyclic) bond motifs is 5. The van der Waals surface area contributed by atoms with Crippen LogP contribution in [-0.4, -0.2) is 77.6 Å². The van der Waals surface area contributed by atoms with E-state index in [9.17, 15) is 0 Å². The third-order valence-electron chi connectivity index (χ3n) is 10.2. The summed E-state index contributed by atoms with van der Waals surface area (Å²) in [7, 11) is 13.3. The topological polar surface area (TPSA) is 18.5 Å². The number of quaternary nitrogens is 2. The molecule has 4 nitrogen and oxygen atoms in total. The van der Waals surface area contributed by atoms with Gasteiger partial charge in [-0.2, -0.15) is 0 Å². The number of hydrogen-bond donors (Lipinski definition) is 0. The maximum absolute atomic E-state index is 6.81. The molecule has 4 heteroatoms. The lowest BCUT2D eigenvalue weighted by atomic mass is 9.88. The smallest absolute Gasteiger partial charge is 0.137 e. The lowest BCUT2D eigenvalue weighted by Gasteiger charge is -2.25. The maximum Gasteiger partial charge on any atom is 0.137 e. The third kappa shape index (κ3) is 6.68. The Morgan fingerprint density at radius 1 is 0.365 bits per heavy atom. The van der Waals surface area contributed by atoms with Crippen molar-refractivity contribution in [1.29, 1.82) is 0 Å². The summed E-state index contributed by atoms with van der Waals surface area (Å²) in [6, 6.07) is 48.7. The van der Waals surface area contributed by atoms with E-state index in [0.29, 0.717) is 13.2 Å². The zero-order chi connectivity index (χ0) is 36.0. The summed E-state index contributed by atoms with van der Waals surface area (Å²) in [5.41, 5.74) is 4.62. The van der Waals surface area contributed by atoms with Crippen molar-refractivity contribution in [2.75, 3.05) is 68.6 Å². The van der Waals surface area contributed by atoms with Gasteiger partial charge in [0.1, 0.15) is 37.8 Å². The Bertz CT molecular complexity index is 2320. The summed E-state index contributed by atoms with van der Waals surface area (Å²) in [4.78, 5) is 0. The molecule has 0 spiro atoms. The molecule has 0 saturated heterocycles. The Balaban J connectivity index is 1.43. The number of benzene rings is 8. The zero-order valence-electron chi connectivity index (χ0n) is 31.2. The molecule has 8 aromatic carbocycles. The Kier molecular flexibility index (Phi) is 8.61. The van der Waals surface area contributed by atoms with Gasteiger partial charge in [-0.3, -0.25) is 0 Å². The molecule has 0 aliphatic heterocycles. The molecule has 52 heavy (non-hydrogen) atoms. The highest BCUT2D eigenvalue weighted by Crippen LogP contribution is 2.46. The van der Waals surface area contributed by atoms with Gasteiger partial charge in [-0.05, 0) is 90.3 Å². The normalized spacial score (nSPS) is 12.3. The first kappa shape index (κ1) is 33.7. The van der Waals surface area contributed by atoms with Gasteiger partial charge in [0.2, 0.25) is 0 Å². The van der Waals surface area contributed by atoms with Crippen LogP contribution >= 0.6 is 0 Å². The minimum absolute atomic E-state index is 0.609. The van der Waals surface area contributed by atoms with Crippen LogP contribution in [0.15, 0.2) is 133 Å². The van der Waals surface area contributed by atoms with Gasteiger partial charge in [-0.15, -0.1) is 0 Å². The minimum Gasteiger partial charge on any atom is -0.487 e. The highest BCUT2D eigenvalue weighted by Gasteiger charge is 2.21. The van der Waals surface area contributed by atoms with Crippen molar-refractivity contribution in [1.82, 2.24) is 0 Å². The number of ether oxygens (including phenoxy) is 2. The first-order valence-corrected chi connectivity index (χ1v) is 18.3. The summed E-state index contributed by atoms with van der Waals surface area (Å²) in [6.45, 7) is 3.00. The SMILES string of the molecule is C[N+](C)(C)CCOc1cc2cc(OCC[N+](C)(C)C)c(-c3c4ccccc4cc4ccccc34)cc2cc1-c1c2ccccc2cc2ccccc12. The predicted octanol–water partition coefficient (Wildman–Crippen LogP) is 11.0. The maximum atomic E-state index is 6.81. The summed E-state index contributed by atoms with van der Waals surface area (Å²) in [5.74, 6) is 1.78. The Morgan fingerprint density at radius 3 is 1.00 bits per heavy atom. The molecule has 8 rings (SSSR count). The highest BCUT2D eigenvalue weighted by atomic mass is 16.5. The van der Waals surface area contributed by atoms with Crippen LogP contribution in [0.2, 0.25) is 0 Å². The molecule has 8 aromatic rings. The molecular weight excluding hydrogens is 637 g/mol. The van der Waals surface area contributed by atoms with Crippen molar-refractivity contribution < 1.29 is 18.4 Å². The largest absolute Gasteiger partial charge is 0.487 e. The Morgan fingerprint density at radius 2 is 0.673 bits per heavy atom. The van der Waals surface area contributed by atoms with E-state index >= 15 is 0 Å². The monoisotopic (exact) mass is 684 g/mol. The first-order valence-electron chi connectivity index (χ1n) is 18.3. The van der Waals surface area contributed by atoms with E-state index in [2.05, 4.69) is 176 Å². The van der Waals surface area contributed by atoms with Crippen LogP contribution in [0.5, 0.6) is 11.5 Å². The quantitative estimate of drug-likeness (QED) is 0.105. The summed E-state index contributed by atoms with van der Waals surface area (Å²) in [5, 5.41) is 12.0. The van der Waals surface area contributed by atoms with Gasteiger partial charge < -0.3 is 18.4 Å². The molecule has 260 valence electrons. The van der Waals surface area contributed by atoms with Gasteiger partial charge in [0.25, 0.3) is 0 Å². The van der Waals surface area contributed by atoms with E-state index < -0.39 is 0 Å².